The Balaban J connectivity index is 1.48. The van der Waals surface area contributed by atoms with Crippen LogP contribution in [-0.2, 0) is 6.42 Å². The number of benzene rings is 1. The molecule has 1 aromatic carbocycles. The minimum absolute atomic E-state index is 0.337. The van der Waals surface area contributed by atoms with Crippen molar-refractivity contribution in [1.29, 1.82) is 0 Å². The van der Waals surface area contributed by atoms with E-state index in [-0.39, 0.29) is 0 Å². The Morgan fingerprint density at radius 3 is 2.65 bits per heavy atom. The van der Waals surface area contributed by atoms with Crippen molar-refractivity contribution in [2.24, 2.45) is 0 Å². The zero-order valence-corrected chi connectivity index (χ0v) is 12.2. The highest BCUT2D eigenvalue weighted by Gasteiger charge is 2.09. The molecule has 0 aliphatic carbocycles. The summed E-state index contributed by atoms with van der Waals surface area (Å²) in [6.45, 7) is 0.337. The van der Waals surface area contributed by atoms with Crippen LogP contribution in [0.2, 0.25) is 0 Å². The zero-order valence-electron chi connectivity index (χ0n) is 12.2. The second-order valence-corrected chi connectivity index (χ2v) is 4.62. The molecule has 2 aromatic heterocycles. The summed E-state index contributed by atoms with van der Waals surface area (Å²) in [7, 11) is 0. The number of carbonyl (C=O) groups is 1. The molecular weight excluding hydrogens is 296 g/mol. The Bertz CT molecular complexity index is 759. The van der Waals surface area contributed by atoms with Crippen molar-refractivity contribution in [3.63, 3.8) is 0 Å². The number of para-hydroxylation sites is 1. The van der Waals surface area contributed by atoms with Crippen LogP contribution in [0.25, 0.3) is 11.5 Å². The van der Waals surface area contributed by atoms with Gasteiger partial charge in [0.15, 0.2) is 0 Å². The predicted octanol–water partition coefficient (Wildman–Crippen LogP) is 2.46. The largest absolute Gasteiger partial charge is 0.421 e. The molecule has 0 saturated carbocycles. The summed E-state index contributed by atoms with van der Waals surface area (Å²) in [6, 6.07) is 12.4. The Morgan fingerprint density at radius 2 is 1.87 bits per heavy atom. The van der Waals surface area contributed by atoms with Crippen LogP contribution in [0.15, 0.2) is 59.3 Å². The molecule has 7 heteroatoms. The third-order valence-corrected chi connectivity index (χ3v) is 2.96. The van der Waals surface area contributed by atoms with Gasteiger partial charge in [0, 0.05) is 30.9 Å². The highest BCUT2D eigenvalue weighted by Crippen LogP contribution is 2.16. The van der Waals surface area contributed by atoms with E-state index in [9.17, 15) is 4.79 Å². The summed E-state index contributed by atoms with van der Waals surface area (Å²) in [5.74, 6) is 1.36. The minimum Gasteiger partial charge on any atom is -0.421 e. The SMILES string of the molecule is O=C(NCCc1nnc(-c2ccncc2)o1)Oc1ccccc1. The van der Waals surface area contributed by atoms with E-state index in [0.29, 0.717) is 30.5 Å². The number of amides is 1. The van der Waals surface area contributed by atoms with Crippen LogP contribution >= 0.6 is 0 Å². The first-order valence-electron chi connectivity index (χ1n) is 7.05. The number of carbonyl (C=O) groups excluding carboxylic acids is 1. The molecule has 0 saturated heterocycles. The quantitative estimate of drug-likeness (QED) is 0.778. The molecule has 0 aliphatic rings. The molecule has 0 bridgehead atoms. The molecule has 1 N–H and O–H groups in total. The number of rotatable bonds is 5. The van der Waals surface area contributed by atoms with E-state index in [4.69, 9.17) is 9.15 Å². The Hall–Kier alpha value is -3.22. The van der Waals surface area contributed by atoms with Crippen molar-refractivity contribution in [3.8, 4) is 17.2 Å². The molecule has 0 atom stereocenters. The summed E-state index contributed by atoms with van der Waals surface area (Å²) in [5.41, 5.74) is 0.801. The fraction of sp³-hybridized carbons (Fsp3) is 0.125. The maximum Gasteiger partial charge on any atom is 0.412 e. The van der Waals surface area contributed by atoms with Crippen LogP contribution in [-0.4, -0.2) is 27.8 Å². The normalized spacial score (nSPS) is 10.3. The van der Waals surface area contributed by atoms with Gasteiger partial charge in [-0.3, -0.25) is 4.98 Å². The number of nitrogens with one attached hydrogen (secondary N) is 1. The number of ether oxygens (including phenoxy) is 1. The van der Waals surface area contributed by atoms with Gasteiger partial charge in [0.05, 0.1) is 0 Å². The lowest BCUT2D eigenvalue weighted by molar-refractivity contribution is 0.200. The van der Waals surface area contributed by atoms with Gasteiger partial charge in [-0.1, -0.05) is 18.2 Å². The lowest BCUT2D eigenvalue weighted by Crippen LogP contribution is -2.28. The lowest BCUT2D eigenvalue weighted by atomic mass is 10.3. The number of aromatic nitrogens is 3. The first-order chi connectivity index (χ1) is 11.3. The van der Waals surface area contributed by atoms with E-state index in [1.807, 2.05) is 6.07 Å². The number of pyridine rings is 1. The second-order valence-electron chi connectivity index (χ2n) is 4.62. The number of hydrogen-bond donors (Lipinski definition) is 1. The van der Waals surface area contributed by atoms with E-state index in [2.05, 4.69) is 20.5 Å². The van der Waals surface area contributed by atoms with Gasteiger partial charge >= 0.3 is 6.09 Å². The van der Waals surface area contributed by atoms with Crippen molar-refractivity contribution < 1.29 is 13.9 Å². The van der Waals surface area contributed by atoms with E-state index in [0.717, 1.165) is 5.56 Å². The Kier molecular flexibility index (Phi) is 4.58. The average molecular weight is 310 g/mol. The lowest BCUT2D eigenvalue weighted by Gasteiger charge is -2.04. The minimum atomic E-state index is -0.523. The van der Waals surface area contributed by atoms with Crippen molar-refractivity contribution in [2.75, 3.05) is 6.54 Å². The van der Waals surface area contributed by atoms with E-state index >= 15 is 0 Å². The van der Waals surface area contributed by atoms with Gasteiger partial charge in [0.1, 0.15) is 5.75 Å². The molecule has 116 valence electrons. The molecule has 0 radical (unpaired) electrons. The van der Waals surface area contributed by atoms with Gasteiger partial charge in [-0.15, -0.1) is 10.2 Å². The fourth-order valence-electron chi connectivity index (χ4n) is 1.87. The Labute approximate surface area is 132 Å². The summed E-state index contributed by atoms with van der Waals surface area (Å²) < 4.78 is 10.6. The van der Waals surface area contributed by atoms with E-state index in [1.54, 1.807) is 48.8 Å². The molecule has 3 rings (SSSR count). The molecule has 0 unspecified atom stereocenters. The maximum atomic E-state index is 11.6. The summed E-state index contributed by atoms with van der Waals surface area (Å²) in [6.07, 6.45) is 3.20. The third-order valence-electron chi connectivity index (χ3n) is 2.96. The van der Waals surface area contributed by atoms with E-state index < -0.39 is 6.09 Å². The highest BCUT2D eigenvalue weighted by atomic mass is 16.6. The number of nitrogens with zero attached hydrogens (tertiary/aromatic N) is 3. The van der Waals surface area contributed by atoms with Crippen LogP contribution in [0.4, 0.5) is 4.79 Å². The molecule has 7 nitrogen and oxygen atoms in total. The van der Waals surface area contributed by atoms with Gasteiger partial charge in [-0.25, -0.2) is 4.79 Å². The third kappa shape index (κ3) is 4.13. The van der Waals surface area contributed by atoms with Crippen molar-refractivity contribution >= 4 is 6.09 Å². The standard InChI is InChI=1S/C16H14N4O3/c21-16(22-13-4-2-1-3-5-13)18-11-8-14-19-20-15(23-14)12-6-9-17-10-7-12/h1-7,9-10H,8,11H2,(H,18,21). The molecule has 2 heterocycles. The summed E-state index contributed by atoms with van der Waals surface area (Å²) >= 11 is 0. The zero-order chi connectivity index (χ0) is 15.9. The smallest absolute Gasteiger partial charge is 0.412 e. The van der Waals surface area contributed by atoms with Gasteiger partial charge in [0.25, 0.3) is 0 Å². The molecule has 23 heavy (non-hydrogen) atoms. The first kappa shape index (κ1) is 14.7. The van der Waals surface area contributed by atoms with Crippen molar-refractivity contribution in [1.82, 2.24) is 20.5 Å². The van der Waals surface area contributed by atoms with Gasteiger partial charge in [-0.05, 0) is 24.3 Å². The Morgan fingerprint density at radius 1 is 1.09 bits per heavy atom. The molecule has 3 aromatic rings. The van der Waals surface area contributed by atoms with Crippen LogP contribution in [0, 0.1) is 0 Å². The highest BCUT2D eigenvalue weighted by molar-refractivity contribution is 5.70. The summed E-state index contributed by atoms with van der Waals surface area (Å²) in [4.78, 5) is 15.6. The van der Waals surface area contributed by atoms with Crippen LogP contribution in [0.5, 0.6) is 5.75 Å². The molecule has 0 fully saturated rings. The van der Waals surface area contributed by atoms with Gasteiger partial charge in [-0.2, -0.15) is 0 Å². The second kappa shape index (κ2) is 7.17. The molecule has 0 spiro atoms. The van der Waals surface area contributed by atoms with E-state index in [1.165, 1.54) is 0 Å². The molecule has 0 aliphatic heterocycles. The first-order valence-corrected chi connectivity index (χ1v) is 7.05. The monoisotopic (exact) mass is 310 g/mol. The predicted molar refractivity (Wildman–Crippen MR) is 81.7 cm³/mol. The summed E-state index contributed by atoms with van der Waals surface area (Å²) in [5, 5.41) is 10.5. The van der Waals surface area contributed by atoms with Crippen LogP contribution in [0.1, 0.15) is 5.89 Å². The fourth-order valence-corrected chi connectivity index (χ4v) is 1.87. The van der Waals surface area contributed by atoms with Gasteiger partial charge in [0.2, 0.25) is 11.8 Å². The average Bonchev–Trinajstić information content (AvgIpc) is 3.05. The van der Waals surface area contributed by atoms with Crippen LogP contribution < -0.4 is 10.1 Å². The number of hydrogen-bond acceptors (Lipinski definition) is 6. The van der Waals surface area contributed by atoms with Crippen LogP contribution in [0.3, 0.4) is 0 Å². The van der Waals surface area contributed by atoms with Crippen molar-refractivity contribution in [3.05, 3.63) is 60.7 Å². The molecule has 1 amide bonds. The topological polar surface area (TPSA) is 90.1 Å². The maximum absolute atomic E-state index is 11.6. The van der Waals surface area contributed by atoms with Gasteiger partial charge < -0.3 is 14.5 Å². The van der Waals surface area contributed by atoms with Crippen molar-refractivity contribution in [2.45, 2.75) is 6.42 Å². The molecular formula is C16H14N4O3.